The number of aryl methyl sites for hydroxylation is 1. The van der Waals surface area contributed by atoms with E-state index in [2.05, 4.69) is 10.6 Å². The van der Waals surface area contributed by atoms with Crippen LogP contribution < -0.4 is 10.6 Å². The molecule has 8 nitrogen and oxygen atoms in total. The zero-order valence-corrected chi connectivity index (χ0v) is 15.0. The Morgan fingerprint density at radius 3 is 2.74 bits per heavy atom. The molecule has 0 radical (unpaired) electrons. The van der Waals surface area contributed by atoms with Crippen LogP contribution in [0.25, 0.3) is 0 Å². The van der Waals surface area contributed by atoms with Gasteiger partial charge in [-0.05, 0) is 30.7 Å². The van der Waals surface area contributed by atoms with Gasteiger partial charge in [0.2, 0.25) is 11.8 Å². The second-order valence-electron chi connectivity index (χ2n) is 5.95. The fourth-order valence-electron chi connectivity index (χ4n) is 2.63. The van der Waals surface area contributed by atoms with E-state index in [0.717, 1.165) is 4.90 Å². The Morgan fingerprint density at radius 1 is 1.26 bits per heavy atom. The average Bonchev–Trinajstić information content (AvgIpc) is 2.62. The Bertz CT molecular complexity index is 960. The van der Waals surface area contributed by atoms with Crippen molar-refractivity contribution in [1.82, 2.24) is 5.32 Å². The predicted molar refractivity (Wildman–Crippen MR) is 99.6 cm³/mol. The number of fused-ring (bicyclic) bond motifs is 1. The first kappa shape index (κ1) is 18.6. The molecule has 138 valence electrons. The number of carbonyl (C=O) groups excluding carboxylic acids is 3. The number of carbonyl (C=O) groups is 3. The first-order valence-corrected chi connectivity index (χ1v) is 8.89. The van der Waals surface area contributed by atoms with Crippen LogP contribution in [0.5, 0.6) is 0 Å². The van der Waals surface area contributed by atoms with Crippen molar-refractivity contribution in [2.75, 3.05) is 5.32 Å². The third kappa shape index (κ3) is 4.14. The number of para-hydroxylation sites is 1. The van der Waals surface area contributed by atoms with E-state index in [0.29, 0.717) is 11.3 Å². The molecule has 0 saturated carbocycles. The van der Waals surface area contributed by atoms with Crippen molar-refractivity contribution in [1.29, 1.82) is 0 Å². The van der Waals surface area contributed by atoms with Crippen molar-refractivity contribution < 1.29 is 19.3 Å². The van der Waals surface area contributed by atoms with Crippen molar-refractivity contribution in [2.45, 2.75) is 23.5 Å². The molecule has 0 spiro atoms. The average molecular weight is 385 g/mol. The van der Waals surface area contributed by atoms with Crippen molar-refractivity contribution in [3.05, 3.63) is 63.7 Å². The largest absolute Gasteiger partial charge is 0.324 e. The lowest BCUT2D eigenvalue weighted by atomic mass is 10.1. The Morgan fingerprint density at radius 2 is 2.00 bits per heavy atom. The Kier molecular flexibility index (Phi) is 5.22. The predicted octanol–water partition coefficient (Wildman–Crippen LogP) is 2.66. The van der Waals surface area contributed by atoms with Crippen LogP contribution in [0, 0.1) is 17.0 Å². The number of thioether (sulfide) groups is 1. The molecule has 0 unspecified atom stereocenters. The molecule has 27 heavy (non-hydrogen) atoms. The molecular weight excluding hydrogens is 370 g/mol. The summed E-state index contributed by atoms with van der Waals surface area (Å²) in [7, 11) is 0. The zero-order chi connectivity index (χ0) is 19.6. The molecule has 0 aromatic heterocycles. The van der Waals surface area contributed by atoms with Gasteiger partial charge < -0.3 is 5.32 Å². The van der Waals surface area contributed by atoms with E-state index in [1.807, 2.05) is 12.1 Å². The van der Waals surface area contributed by atoms with Gasteiger partial charge in [-0.3, -0.25) is 29.8 Å². The van der Waals surface area contributed by atoms with E-state index in [4.69, 9.17) is 0 Å². The van der Waals surface area contributed by atoms with Gasteiger partial charge in [-0.15, -0.1) is 11.8 Å². The summed E-state index contributed by atoms with van der Waals surface area (Å²) in [6.07, 6.45) is -0.226. The minimum absolute atomic E-state index is 0.204. The first-order valence-electron chi connectivity index (χ1n) is 8.01. The number of hydrogen-bond donors (Lipinski definition) is 2. The van der Waals surface area contributed by atoms with Gasteiger partial charge in [-0.25, -0.2) is 0 Å². The highest BCUT2D eigenvalue weighted by Crippen LogP contribution is 2.36. The summed E-state index contributed by atoms with van der Waals surface area (Å²) in [6.45, 7) is 1.66. The molecule has 2 aromatic rings. The smallest absolute Gasteiger partial charge is 0.282 e. The standard InChI is InChI=1S/C18H15N3O5S/c1-10-6-7-11(13(8-10)21(25)26)17(23)20-16(22)9-15-18(24)19-12-4-2-3-5-14(12)27-15/h2-8,15H,9H2,1H3,(H,19,24)(H,20,22,23)/t15-/m1/s1. The zero-order valence-electron chi connectivity index (χ0n) is 14.2. The highest BCUT2D eigenvalue weighted by atomic mass is 32.2. The Hall–Kier alpha value is -3.20. The molecule has 0 saturated heterocycles. The molecule has 1 aliphatic heterocycles. The van der Waals surface area contributed by atoms with Gasteiger partial charge in [0.1, 0.15) is 5.56 Å². The van der Waals surface area contributed by atoms with E-state index >= 15 is 0 Å². The Labute approximate surface area is 158 Å². The summed E-state index contributed by atoms with van der Waals surface area (Å²) in [5.74, 6) is -1.88. The lowest BCUT2D eigenvalue weighted by Crippen LogP contribution is -2.37. The van der Waals surface area contributed by atoms with Gasteiger partial charge >= 0.3 is 0 Å². The third-order valence-electron chi connectivity index (χ3n) is 3.92. The van der Waals surface area contributed by atoms with Crippen LogP contribution in [0.4, 0.5) is 11.4 Å². The summed E-state index contributed by atoms with van der Waals surface area (Å²) in [6, 6.07) is 11.3. The van der Waals surface area contributed by atoms with Gasteiger partial charge in [0.25, 0.3) is 11.6 Å². The van der Waals surface area contributed by atoms with Crippen molar-refractivity contribution in [3.63, 3.8) is 0 Å². The molecule has 0 fully saturated rings. The lowest BCUT2D eigenvalue weighted by molar-refractivity contribution is -0.385. The minimum Gasteiger partial charge on any atom is -0.324 e. The fraction of sp³-hybridized carbons (Fsp3) is 0.167. The van der Waals surface area contributed by atoms with Gasteiger partial charge in [-0.2, -0.15) is 0 Å². The number of rotatable bonds is 4. The molecule has 3 amide bonds. The fourth-order valence-corrected chi connectivity index (χ4v) is 3.74. The highest BCUT2D eigenvalue weighted by molar-refractivity contribution is 8.01. The highest BCUT2D eigenvalue weighted by Gasteiger charge is 2.30. The van der Waals surface area contributed by atoms with Crippen LogP contribution in [0.15, 0.2) is 47.4 Å². The number of hydrogen-bond acceptors (Lipinski definition) is 6. The number of nitrogens with one attached hydrogen (secondary N) is 2. The maximum Gasteiger partial charge on any atom is 0.282 e. The maximum absolute atomic E-state index is 12.3. The molecule has 1 atom stereocenters. The summed E-state index contributed by atoms with van der Waals surface area (Å²) < 4.78 is 0. The van der Waals surface area contributed by atoms with Crippen molar-refractivity contribution in [3.8, 4) is 0 Å². The van der Waals surface area contributed by atoms with Crippen LogP contribution in [0.2, 0.25) is 0 Å². The molecule has 1 aliphatic rings. The summed E-state index contributed by atoms with van der Waals surface area (Å²) in [5.41, 5.74) is 0.720. The molecule has 1 heterocycles. The molecule has 3 rings (SSSR count). The summed E-state index contributed by atoms with van der Waals surface area (Å²) >= 11 is 1.23. The van der Waals surface area contributed by atoms with Crippen LogP contribution in [-0.2, 0) is 9.59 Å². The molecule has 9 heteroatoms. The van der Waals surface area contributed by atoms with E-state index in [1.54, 1.807) is 25.1 Å². The molecule has 0 aliphatic carbocycles. The van der Waals surface area contributed by atoms with Gasteiger partial charge in [0.05, 0.1) is 15.9 Å². The third-order valence-corrected chi connectivity index (χ3v) is 5.20. The normalized spacial score (nSPS) is 15.4. The molecule has 2 N–H and O–H groups in total. The summed E-state index contributed by atoms with van der Waals surface area (Å²) in [4.78, 5) is 47.9. The minimum atomic E-state index is -0.867. The van der Waals surface area contributed by atoms with Crippen molar-refractivity contribution >= 4 is 40.9 Å². The Balaban J connectivity index is 1.69. The SMILES string of the molecule is Cc1ccc(C(=O)NC(=O)C[C@H]2Sc3ccccc3NC2=O)c([N+](=O)[O-])c1. The maximum atomic E-state index is 12.3. The quantitative estimate of drug-likeness (QED) is 0.617. The summed E-state index contributed by atoms with van der Waals surface area (Å²) in [5, 5.41) is 15.3. The molecular formula is C18H15N3O5S. The number of nitrogens with zero attached hydrogens (tertiary/aromatic N) is 1. The molecule has 2 aromatic carbocycles. The van der Waals surface area contributed by atoms with E-state index in [1.165, 1.54) is 23.9 Å². The van der Waals surface area contributed by atoms with E-state index in [-0.39, 0.29) is 23.6 Å². The second kappa shape index (κ2) is 7.58. The van der Waals surface area contributed by atoms with Crippen LogP contribution >= 0.6 is 11.8 Å². The van der Waals surface area contributed by atoms with Crippen LogP contribution in [-0.4, -0.2) is 27.9 Å². The molecule has 0 bridgehead atoms. The van der Waals surface area contributed by atoms with Gasteiger partial charge in [-0.1, -0.05) is 18.2 Å². The van der Waals surface area contributed by atoms with E-state index < -0.39 is 22.0 Å². The second-order valence-corrected chi connectivity index (χ2v) is 7.20. The van der Waals surface area contributed by atoms with Crippen LogP contribution in [0.1, 0.15) is 22.3 Å². The van der Waals surface area contributed by atoms with Crippen LogP contribution in [0.3, 0.4) is 0 Å². The van der Waals surface area contributed by atoms with Gasteiger partial charge in [0.15, 0.2) is 0 Å². The number of nitro groups is 1. The number of anilines is 1. The van der Waals surface area contributed by atoms with Crippen molar-refractivity contribution in [2.24, 2.45) is 0 Å². The number of imide groups is 1. The number of amides is 3. The first-order chi connectivity index (χ1) is 12.8. The topological polar surface area (TPSA) is 118 Å². The number of benzene rings is 2. The monoisotopic (exact) mass is 385 g/mol. The van der Waals surface area contributed by atoms with Gasteiger partial charge in [0, 0.05) is 17.4 Å². The lowest BCUT2D eigenvalue weighted by Gasteiger charge is -2.23. The van der Waals surface area contributed by atoms with E-state index in [9.17, 15) is 24.5 Å². The number of nitro benzene ring substituents is 1.